The molecule has 0 atom stereocenters. The van der Waals surface area contributed by atoms with Gasteiger partial charge in [0, 0.05) is 5.57 Å². The van der Waals surface area contributed by atoms with Crippen LogP contribution in [0.15, 0.2) is 11.6 Å². The van der Waals surface area contributed by atoms with E-state index >= 15 is 0 Å². The highest BCUT2D eigenvalue weighted by molar-refractivity contribution is 5.88. The first-order chi connectivity index (χ1) is 7.11. The molecule has 0 aromatic carbocycles. The zero-order valence-electron chi connectivity index (χ0n) is 10.5. The van der Waals surface area contributed by atoms with Gasteiger partial charge in [-0.3, -0.25) is 0 Å². The second-order valence-corrected chi connectivity index (χ2v) is 4.24. The van der Waals surface area contributed by atoms with Gasteiger partial charge in [-0.05, 0) is 32.1 Å². The molecule has 88 valence electrons. The normalized spacial score (nSPS) is 11.9. The second kappa shape index (κ2) is 8.51. The van der Waals surface area contributed by atoms with Crippen molar-refractivity contribution in [2.75, 3.05) is 6.61 Å². The Hall–Kier alpha value is -0.790. The zero-order valence-corrected chi connectivity index (χ0v) is 10.5. The van der Waals surface area contributed by atoms with Crippen molar-refractivity contribution in [1.29, 1.82) is 0 Å². The Bertz CT molecular complexity index is 205. The predicted octanol–water partition coefficient (Wildman–Crippen LogP) is 3.71. The number of unbranched alkanes of at least 4 members (excludes halogenated alkanes) is 1. The molecule has 0 spiro atoms. The van der Waals surface area contributed by atoms with Gasteiger partial charge in [-0.15, -0.1) is 0 Å². The third-order valence-electron chi connectivity index (χ3n) is 2.33. The van der Waals surface area contributed by atoms with Crippen molar-refractivity contribution >= 4 is 5.97 Å². The summed E-state index contributed by atoms with van der Waals surface area (Å²) in [7, 11) is 0. The van der Waals surface area contributed by atoms with Gasteiger partial charge in [-0.1, -0.05) is 33.3 Å². The van der Waals surface area contributed by atoms with Crippen LogP contribution in [0.1, 0.15) is 53.4 Å². The number of rotatable bonds is 7. The van der Waals surface area contributed by atoms with Crippen LogP contribution in [-0.4, -0.2) is 12.6 Å². The molecule has 0 bridgehead atoms. The number of hydrogen-bond donors (Lipinski definition) is 0. The Morgan fingerprint density at radius 2 is 2.07 bits per heavy atom. The average Bonchev–Trinajstić information content (AvgIpc) is 2.18. The number of carbonyl (C=O) groups is 1. The standard InChI is InChI=1S/C13H24O2/c1-5-7-10-15-13(14)12(6-2)9-8-11(3)4/h6,11H,5,7-10H2,1-4H3. The van der Waals surface area contributed by atoms with Crippen LogP contribution in [-0.2, 0) is 9.53 Å². The molecule has 0 heterocycles. The highest BCUT2D eigenvalue weighted by atomic mass is 16.5. The van der Waals surface area contributed by atoms with Crippen molar-refractivity contribution in [1.82, 2.24) is 0 Å². The molecule has 0 aromatic heterocycles. The van der Waals surface area contributed by atoms with Crippen molar-refractivity contribution in [3.63, 3.8) is 0 Å². The van der Waals surface area contributed by atoms with Gasteiger partial charge in [0.15, 0.2) is 0 Å². The van der Waals surface area contributed by atoms with Crippen LogP contribution < -0.4 is 0 Å². The summed E-state index contributed by atoms with van der Waals surface area (Å²) in [5, 5.41) is 0. The first-order valence-corrected chi connectivity index (χ1v) is 5.94. The molecular weight excluding hydrogens is 188 g/mol. The molecule has 0 rings (SSSR count). The molecular formula is C13H24O2. The van der Waals surface area contributed by atoms with Crippen LogP contribution in [0, 0.1) is 5.92 Å². The Labute approximate surface area is 93.7 Å². The molecule has 0 aromatic rings. The van der Waals surface area contributed by atoms with E-state index in [1.165, 1.54) is 0 Å². The SMILES string of the molecule is CC=C(CCC(C)C)C(=O)OCCCC. The fourth-order valence-electron chi connectivity index (χ4n) is 1.21. The van der Waals surface area contributed by atoms with Gasteiger partial charge in [0.25, 0.3) is 0 Å². The smallest absolute Gasteiger partial charge is 0.333 e. The van der Waals surface area contributed by atoms with E-state index in [4.69, 9.17) is 4.74 Å². The molecule has 15 heavy (non-hydrogen) atoms. The first kappa shape index (κ1) is 14.2. The van der Waals surface area contributed by atoms with Gasteiger partial charge in [-0.25, -0.2) is 4.79 Å². The van der Waals surface area contributed by atoms with Gasteiger partial charge in [0.2, 0.25) is 0 Å². The van der Waals surface area contributed by atoms with Gasteiger partial charge in [-0.2, -0.15) is 0 Å². The lowest BCUT2D eigenvalue weighted by Gasteiger charge is -2.09. The Morgan fingerprint density at radius 3 is 2.53 bits per heavy atom. The summed E-state index contributed by atoms with van der Waals surface area (Å²) in [4.78, 5) is 11.6. The van der Waals surface area contributed by atoms with Gasteiger partial charge in [0.1, 0.15) is 0 Å². The molecule has 0 aliphatic carbocycles. The van der Waals surface area contributed by atoms with Crippen LogP contribution in [0.2, 0.25) is 0 Å². The van der Waals surface area contributed by atoms with E-state index in [1.807, 2.05) is 13.0 Å². The maximum atomic E-state index is 11.6. The molecule has 2 nitrogen and oxygen atoms in total. The fraction of sp³-hybridized carbons (Fsp3) is 0.769. The van der Waals surface area contributed by atoms with Crippen molar-refractivity contribution in [3.05, 3.63) is 11.6 Å². The summed E-state index contributed by atoms with van der Waals surface area (Å²) in [6.45, 7) is 8.86. The zero-order chi connectivity index (χ0) is 11.7. The minimum Gasteiger partial charge on any atom is -0.462 e. The molecule has 0 radical (unpaired) electrons. The Kier molecular flexibility index (Phi) is 8.06. The van der Waals surface area contributed by atoms with Crippen LogP contribution in [0.4, 0.5) is 0 Å². The third kappa shape index (κ3) is 7.18. The quantitative estimate of drug-likeness (QED) is 0.365. The van der Waals surface area contributed by atoms with E-state index in [2.05, 4.69) is 20.8 Å². The van der Waals surface area contributed by atoms with Gasteiger partial charge in [0.05, 0.1) is 6.61 Å². The number of hydrogen-bond acceptors (Lipinski definition) is 2. The highest BCUT2D eigenvalue weighted by Crippen LogP contribution is 2.13. The van der Waals surface area contributed by atoms with Crippen molar-refractivity contribution in [3.8, 4) is 0 Å². The number of allylic oxidation sites excluding steroid dienone is 1. The Morgan fingerprint density at radius 1 is 1.40 bits per heavy atom. The molecule has 0 aliphatic heterocycles. The van der Waals surface area contributed by atoms with E-state index < -0.39 is 0 Å². The highest BCUT2D eigenvalue weighted by Gasteiger charge is 2.10. The molecule has 0 aliphatic rings. The summed E-state index contributed by atoms with van der Waals surface area (Å²) >= 11 is 0. The molecule has 0 fully saturated rings. The molecule has 0 N–H and O–H groups in total. The maximum Gasteiger partial charge on any atom is 0.333 e. The second-order valence-electron chi connectivity index (χ2n) is 4.24. The molecule has 0 saturated heterocycles. The Balaban J connectivity index is 3.90. The van der Waals surface area contributed by atoms with E-state index in [-0.39, 0.29) is 5.97 Å². The van der Waals surface area contributed by atoms with Crippen molar-refractivity contribution < 1.29 is 9.53 Å². The van der Waals surface area contributed by atoms with E-state index in [0.29, 0.717) is 12.5 Å². The molecule has 0 saturated carbocycles. The molecule has 0 amide bonds. The summed E-state index contributed by atoms with van der Waals surface area (Å²) in [5.74, 6) is 0.495. The molecule has 2 heteroatoms. The maximum absolute atomic E-state index is 11.6. The lowest BCUT2D eigenvalue weighted by Crippen LogP contribution is -2.09. The van der Waals surface area contributed by atoms with E-state index in [0.717, 1.165) is 31.3 Å². The van der Waals surface area contributed by atoms with Crippen molar-refractivity contribution in [2.45, 2.75) is 53.4 Å². The molecule has 0 unspecified atom stereocenters. The van der Waals surface area contributed by atoms with Crippen molar-refractivity contribution in [2.24, 2.45) is 5.92 Å². The largest absolute Gasteiger partial charge is 0.462 e. The number of ether oxygens (including phenoxy) is 1. The minimum absolute atomic E-state index is 0.133. The number of esters is 1. The van der Waals surface area contributed by atoms with E-state index in [1.54, 1.807) is 0 Å². The average molecular weight is 212 g/mol. The topological polar surface area (TPSA) is 26.3 Å². The monoisotopic (exact) mass is 212 g/mol. The van der Waals surface area contributed by atoms with Crippen LogP contribution >= 0.6 is 0 Å². The lowest BCUT2D eigenvalue weighted by atomic mass is 10.0. The lowest BCUT2D eigenvalue weighted by molar-refractivity contribution is -0.139. The van der Waals surface area contributed by atoms with E-state index in [9.17, 15) is 4.79 Å². The summed E-state index contributed by atoms with van der Waals surface area (Å²) in [6, 6.07) is 0. The van der Waals surface area contributed by atoms with Crippen LogP contribution in [0.25, 0.3) is 0 Å². The summed E-state index contributed by atoms with van der Waals surface area (Å²) in [5.41, 5.74) is 0.819. The fourth-order valence-corrected chi connectivity index (χ4v) is 1.21. The predicted molar refractivity (Wildman–Crippen MR) is 63.7 cm³/mol. The van der Waals surface area contributed by atoms with Gasteiger partial charge < -0.3 is 4.74 Å². The van der Waals surface area contributed by atoms with Crippen LogP contribution in [0.3, 0.4) is 0 Å². The van der Waals surface area contributed by atoms with Gasteiger partial charge >= 0.3 is 5.97 Å². The van der Waals surface area contributed by atoms with Crippen LogP contribution in [0.5, 0.6) is 0 Å². The first-order valence-electron chi connectivity index (χ1n) is 5.94. The number of carbonyl (C=O) groups excluding carboxylic acids is 1. The summed E-state index contributed by atoms with van der Waals surface area (Å²) in [6.07, 6.45) is 5.76. The third-order valence-corrected chi connectivity index (χ3v) is 2.33. The minimum atomic E-state index is -0.133. The summed E-state index contributed by atoms with van der Waals surface area (Å²) < 4.78 is 5.16.